The van der Waals surface area contributed by atoms with Gasteiger partial charge in [0.2, 0.25) is 0 Å². The largest absolute Gasteiger partial charge is 0.491 e. The second kappa shape index (κ2) is 6.89. The van der Waals surface area contributed by atoms with Crippen molar-refractivity contribution >= 4 is 16.6 Å². The summed E-state index contributed by atoms with van der Waals surface area (Å²) in [7, 11) is 4.06. The first-order valence-corrected chi connectivity index (χ1v) is 8.02. The molecule has 0 fully saturated rings. The van der Waals surface area contributed by atoms with Gasteiger partial charge in [-0.2, -0.15) is 0 Å². The number of aliphatic hydroxyl groups is 1. The molecule has 24 heavy (non-hydrogen) atoms. The van der Waals surface area contributed by atoms with Crippen LogP contribution in [-0.2, 0) is 0 Å². The molecule has 1 aromatic heterocycles. The summed E-state index contributed by atoms with van der Waals surface area (Å²) in [4.78, 5) is 6.81. The van der Waals surface area contributed by atoms with E-state index in [1.165, 1.54) is 5.69 Å². The van der Waals surface area contributed by atoms with E-state index in [4.69, 9.17) is 9.72 Å². The molecule has 0 aliphatic carbocycles. The van der Waals surface area contributed by atoms with Crippen LogP contribution in [0.2, 0.25) is 0 Å². The fraction of sp³-hybridized carbons (Fsp3) is 0.250. The predicted molar refractivity (Wildman–Crippen MR) is 98.7 cm³/mol. The van der Waals surface area contributed by atoms with Gasteiger partial charge < -0.3 is 14.7 Å². The Bertz CT molecular complexity index is 827. The van der Waals surface area contributed by atoms with Crippen LogP contribution < -0.4 is 9.64 Å². The molecule has 1 atom stereocenters. The molecule has 4 heteroatoms. The second-order valence-electron chi connectivity index (χ2n) is 6.15. The molecule has 0 saturated carbocycles. The number of hydrogen-bond donors (Lipinski definition) is 1. The lowest BCUT2D eigenvalue weighted by molar-refractivity contribution is 0.123. The third-order valence-corrected chi connectivity index (χ3v) is 3.83. The molecular formula is C20H22N2O2. The second-order valence-corrected chi connectivity index (χ2v) is 6.15. The van der Waals surface area contributed by atoms with Gasteiger partial charge in [0.1, 0.15) is 12.4 Å². The first-order chi connectivity index (χ1) is 11.5. The van der Waals surface area contributed by atoms with Gasteiger partial charge in [-0.15, -0.1) is 0 Å². The normalized spacial score (nSPS) is 12.2. The molecule has 3 rings (SSSR count). The molecule has 0 bridgehead atoms. The molecule has 0 amide bonds. The number of pyridine rings is 1. The number of nitrogens with zero attached hydrogens (tertiary/aromatic N) is 2. The van der Waals surface area contributed by atoms with Gasteiger partial charge in [0, 0.05) is 30.7 Å². The van der Waals surface area contributed by atoms with E-state index in [0.717, 1.165) is 27.9 Å². The zero-order valence-electron chi connectivity index (χ0n) is 14.2. The van der Waals surface area contributed by atoms with Crippen molar-refractivity contribution in [3.05, 3.63) is 54.6 Å². The van der Waals surface area contributed by atoms with Gasteiger partial charge in [-0.25, -0.2) is 4.98 Å². The van der Waals surface area contributed by atoms with Gasteiger partial charge in [0.15, 0.2) is 0 Å². The van der Waals surface area contributed by atoms with E-state index in [0.29, 0.717) is 0 Å². The Morgan fingerprint density at radius 3 is 2.46 bits per heavy atom. The Morgan fingerprint density at radius 1 is 1.04 bits per heavy atom. The number of rotatable bonds is 5. The molecule has 1 heterocycles. The van der Waals surface area contributed by atoms with Crippen molar-refractivity contribution in [3.8, 4) is 17.0 Å². The van der Waals surface area contributed by atoms with Crippen molar-refractivity contribution in [1.82, 2.24) is 4.98 Å². The van der Waals surface area contributed by atoms with Crippen LogP contribution in [0.3, 0.4) is 0 Å². The smallest absolute Gasteiger partial charge is 0.120 e. The Morgan fingerprint density at radius 2 is 1.79 bits per heavy atom. The van der Waals surface area contributed by atoms with Crippen LogP contribution in [0.1, 0.15) is 6.92 Å². The molecule has 4 nitrogen and oxygen atoms in total. The predicted octanol–water partition coefficient (Wildman–Crippen LogP) is 3.73. The summed E-state index contributed by atoms with van der Waals surface area (Å²) in [5.74, 6) is 0.744. The van der Waals surface area contributed by atoms with Crippen LogP contribution in [0.5, 0.6) is 5.75 Å². The number of hydrogen-bond acceptors (Lipinski definition) is 4. The average molecular weight is 322 g/mol. The highest BCUT2D eigenvalue weighted by Crippen LogP contribution is 2.25. The van der Waals surface area contributed by atoms with E-state index in [1.54, 1.807) is 6.92 Å². The van der Waals surface area contributed by atoms with E-state index in [9.17, 15) is 5.11 Å². The SMILES string of the molecule is C[C@@H](O)COc1ccc2nc(-c3ccc(N(C)C)cc3)ccc2c1. The van der Waals surface area contributed by atoms with E-state index in [1.807, 2.05) is 44.4 Å². The summed E-state index contributed by atoms with van der Waals surface area (Å²) < 4.78 is 5.54. The minimum Gasteiger partial charge on any atom is -0.491 e. The monoisotopic (exact) mass is 322 g/mol. The molecule has 0 radical (unpaired) electrons. The summed E-state index contributed by atoms with van der Waals surface area (Å²) >= 11 is 0. The van der Waals surface area contributed by atoms with Crippen molar-refractivity contribution < 1.29 is 9.84 Å². The molecule has 0 unspecified atom stereocenters. The lowest BCUT2D eigenvalue weighted by atomic mass is 10.1. The Kier molecular flexibility index (Phi) is 4.67. The highest BCUT2D eigenvalue weighted by atomic mass is 16.5. The number of anilines is 1. The summed E-state index contributed by atoms with van der Waals surface area (Å²) in [5, 5.41) is 10.3. The van der Waals surface area contributed by atoms with Crippen LogP contribution in [0.4, 0.5) is 5.69 Å². The maximum absolute atomic E-state index is 9.30. The maximum atomic E-state index is 9.30. The van der Waals surface area contributed by atoms with Crippen LogP contribution in [-0.4, -0.2) is 36.9 Å². The number of ether oxygens (including phenoxy) is 1. The third-order valence-electron chi connectivity index (χ3n) is 3.83. The first-order valence-electron chi connectivity index (χ1n) is 8.02. The van der Waals surface area contributed by atoms with E-state index >= 15 is 0 Å². The van der Waals surface area contributed by atoms with Crippen LogP contribution >= 0.6 is 0 Å². The van der Waals surface area contributed by atoms with E-state index in [2.05, 4.69) is 29.2 Å². The number of benzene rings is 2. The summed E-state index contributed by atoms with van der Waals surface area (Å²) in [6, 6.07) is 18.2. The Labute approximate surface area is 142 Å². The van der Waals surface area contributed by atoms with Crippen molar-refractivity contribution in [2.24, 2.45) is 0 Å². The molecule has 0 aliphatic heterocycles. The van der Waals surface area contributed by atoms with Crippen LogP contribution in [0.25, 0.3) is 22.2 Å². The fourth-order valence-electron chi connectivity index (χ4n) is 2.50. The molecule has 124 valence electrons. The van der Waals surface area contributed by atoms with Gasteiger partial charge in [-0.3, -0.25) is 0 Å². The van der Waals surface area contributed by atoms with E-state index in [-0.39, 0.29) is 6.61 Å². The molecular weight excluding hydrogens is 300 g/mol. The van der Waals surface area contributed by atoms with Gasteiger partial charge in [-0.05, 0) is 43.3 Å². The van der Waals surface area contributed by atoms with Gasteiger partial charge in [-0.1, -0.05) is 18.2 Å². The van der Waals surface area contributed by atoms with Gasteiger partial charge >= 0.3 is 0 Å². The molecule has 0 saturated heterocycles. The van der Waals surface area contributed by atoms with Gasteiger partial charge in [0.05, 0.1) is 17.3 Å². The minimum absolute atomic E-state index is 0.287. The zero-order chi connectivity index (χ0) is 17.1. The maximum Gasteiger partial charge on any atom is 0.120 e. The third kappa shape index (κ3) is 3.66. The van der Waals surface area contributed by atoms with E-state index < -0.39 is 6.10 Å². The summed E-state index contributed by atoms with van der Waals surface area (Å²) in [6.07, 6.45) is -0.480. The number of aliphatic hydroxyl groups excluding tert-OH is 1. The highest BCUT2D eigenvalue weighted by molar-refractivity contribution is 5.83. The first kappa shape index (κ1) is 16.3. The topological polar surface area (TPSA) is 45.6 Å². The van der Waals surface area contributed by atoms with Crippen LogP contribution in [0, 0.1) is 0 Å². The Hall–Kier alpha value is -2.59. The highest BCUT2D eigenvalue weighted by Gasteiger charge is 2.05. The molecule has 3 aromatic rings. The standard InChI is InChI=1S/C20H22N2O2/c1-14(23)13-24-18-9-11-20-16(12-18)6-10-19(21-20)15-4-7-17(8-5-15)22(2)3/h4-12,14,23H,13H2,1-3H3/t14-/m1/s1. The summed E-state index contributed by atoms with van der Waals surface area (Å²) in [5.41, 5.74) is 4.13. The molecule has 0 aliphatic rings. The van der Waals surface area contributed by atoms with Crippen LogP contribution in [0.15, 0.2) is 54.6 Å². The van der Waals surface area contributed by atoms with Crippen molar-refractivity contribution in [1.29, 1.82) is 0 Å². The number of fused-ring (bicyclic) bond motifs is 1. The summed E-state index contributed by atoms with van der Waals surface area (Å²) in [6.45, 7) is 1.99. The Balaban J connectivity index is 1.87. The van der Waals surface area contributed by atoms with Crippen molar-refractivity contribution in [2.45, 2.75) is 13.0 Å². The molecule has 2 aromatic carbocycles. The van der Waals surface area contributed by atoms with Crippen molar-refractivity contribution in [2.75, 3.05) is 25.6 Å². The van der Waals surface area contributed by atoms with Crippen molar-refractivity contribution in [3.63, 3.8) is 0 Å². The zero-order valence-corrected chi connectivity index (χ0v) is 14.2. The number of aromatic nitrogens is 1. The lowest BCUT2D eigenvalue weighted by Gasteiger charge is -2.13. The minimum atomic E-state index is -0.480. The molecule has 0 spiro atoms. The fourth-order valence-corrected chi connectivity index (χ4v) is 2.50. The molecule has 1 N–H and O–H groups in total. The van der Waals surface area contributed by atoms with Gasteiger partial charge in [0.25, 0.3) is 0 Å². The average Bonchev–Trinajstić information content (AvgIpc) is 2.59. The lowest BCUT2D eigenvalue weighted by Crippen LogP contribution is -2.12. The quantitative estimate of drug-likeness (QED) is 0.777.